The Balaban J connectivity index is 2.15. The van der Waals surface area contributed by atoms with Crippen LogP contribution in [0, 0.1) is 0 Å². The van der Waals surface area contributed by atoms with Gasteiger partial charge in [-0.05, 0) is 20.3 Å². The van der Waals surface area contributed by atoms with Crippen LogP contribution in [0.3, 0.4) is 0 Å². The second kappa shape index (κ2) is 5.28. The van der Waals surface area contributed by atoms with Crippen molar-refractivity contribution < 1.29 is 19.0 Å². The van der Waals surface area contributed by atoms with Crippen LogP contribution < -0.4 is 0 Å². The molecule has 0 spiro atoms. The second-order valence-corrected chi connectivity index (χ2v) is 3.96. The molecule has 0 amide bonds. The lowest BCUT2D eigenvalue weighted by atomic mass is 10.3. The molecule has 1 atom stereocenters. The van der Waals surface area contributed by atoms with Crippen molar-refractivity contribution in [2.45, 2.75) is 38.6 Å². The topological polar surface area (TPSA) is 44.8 Å². The molecule has 1 heterocycles. The summed E-state index contributed by atoms with van der Waals surface area (Å²) in [5, 5.41) is 0. The van der Waals surface area contributed by atoms with Gasteiger partial charge >= 0.3 is 5.97 Å². The molecule has 1 fully saturated rings. The first-order valence-electron chi connectivity index (χ1n) is 5.12. The first kappa shape index (κ1) is 12.2. The summed E-state index contributed by atoms with van der Waals surface area (Å²) in [6, 6.07) is 0. The Labute approximate surface area is 90.2 Å². The van der Waals surface area contributed by atoms with Gasteiger partial charge in [0.15, 0.2) is 5.79 Å². The predicted octanol–water partition coefficient (Wildman–Crippen LogP) is 1.65. The zero-order valence-electron chi connectivity index (χ0n) is 9.32. The molecular weight excluding hydrogens is 196 g/mol. The summed E-state index contributed by atoms with van der Waals surface area (Å²) >= 11 is 0. The van der Waals surface area contributed by atoms with Gasteiger partial charge in [-0.15, -0.1) is 6.58 Å². The Morgan fingerprint density at radius 1 is 1.67 bits per heavy atom. The SMILES string of the molecule is C=CCCC(=O)OC[C@H]1COC(C)(C)O1. The molecule has 1 aliphatic rings. The molecule has 4 nitrogen and oxygen atoms in total. The standard InChI is InChI=1S/C11H18O4/c1-4-5-6-10(12)13-7-9-8-14-11(2,3)15-9/h4,9H,1,5-8H2,2-3H3/t9-/m0/s1. The molecule has 86 valence electrons. The normalized spacial score (nSPS) is 23.7. The lowest BCUT2D eigenvalue weighted by Gasteiger charge is -2.16. The molecule has 0 saturated carbocycles. The van der Waals surface area contributed by atoms with E-state index >= 15 is 0 Å². The van der Waals surface area contributed by atoms with E-state index in [2.05, 4.69) is 6.58 Å². The van der Waals surface area contributed by atoms with E-state index in [4.69, 9.17) is 14.2 Å². The van der Waals surface area contributed by atoms with Crippen LogP contribution in [-0.4, -0.2) is 31.1 Å². The van der Waals surface area contributed by atoms with E-state index in [0.717, 1.165) is 0 Å². The van der Waals surface area contributed by atoms with Gasteiger partial charge in [0.25, 0.3) is 0 Å². The van der Waals surface area contributed by atoms with Gasteiger partial charge in [0.05, 0.1) is 6.61 Å². The van der Waals surface area contributed by atoms with Crippen molar-refractivity contribution in [2.75, 3.05) is 13.2 Å². The van der Waals surface area contributed by atoms with Gasteiger partial charge in [0, 0.05) is 6.42 Å². The van der Waals surface area contributed by atoms with Gasteiger partial charge in [0.2, 0.25) is 0 Å². The predicted molar refractivity (Wildman–Crippen MR) is 55.3 cm³/mol. The summed E-state index contributed by atoms with van der Waals surface area (Å²) in [4.78, 5) is 11.2. The van der Waals surface area contributed by atoms with Gasteiger partial charge in [-0.25, -0.2) is 0 Å². The van der Waals surface area contributed by atoms with Crippen LogP contribution in [0.2, 0.25) is 0 Å². The van der Waals surface area contributed by atoms with Crippen LogP contribution in [-0.2, 0) is 19.0 Å². The molecule has 0 radical (unpaired) electrons. The molecule has 0 bridgehead atoms. The van der Waals surface area contributed by atoms with E-state index in [1.54, 1.807) is 6.08 Å². The van der Waals surface area contributed by atoms with Crippen molar-refractivity contribution in [3.63, 3.8) is 0 Å². The quantitative estimate of drug-likeness (QED) is 0.515. The maximum Gasteiger partial charge on any atom is 0.306 e. The van der Waals surface area contributed by atoms with Gasteiger partial charge in [-0.2, -0.15) is 0 Å². The van der Waals surface area contributed by atoms with Crippen LogP contribution in [0.15, 0.2) is 12.7 Å². The molecule has 0 aromatic rings. The third-order valence-electron chi connectivity index (χ3n) is 2.05. The van der Waals surface area contributed by atoms with Crippen LogP contribution in [0.25, 0.3) is 0 Å². The number of hydrogen-bond donors (Lipinski definition) is 0. The number of allylic oxidation sites excluding steroid dienone is 1. The number of ether oxygens (including phenoxy) is 3. The van der Waals surface area contributed by atoms with Gasteiger partial charge in [-0.3, -0.25) is 4.79 Å². The van der Waals surface area contributed by atoms with Crippen LogP contribution >= 0.6 is 0 Å². The van der Waals surface area contributed by atoms with E-state index in [-0.39, 0.29) is 18.7 Å². The van der Waals surface area contributed by atoms with Crippen LogP contribution in [0.4, 0.5) is 0 Å². The van der Waals surface area contributed by atoms with Gasteiger partial charge in [0.1, 0.15) is 12.7 Å². The van der Waals surface area contributed by atoms with Crippen LogP contribution in [0.1, 0.15) is 26.7 Å². The molecule has 1 rings (SSSR count). The summed E-state index contributed by atoms with van der Waals surface area (Å²) in [6.45, 7) is 7.95. The van der Waals surface area contributed by atoms with E-state index < -0.39 is 5.79 Å². The fourth-order valence-corrected chi connectivity index (χ4v) is 1.32. The number of carbonyl (C=O) groups is 1. The maximum atomic E-state index is 11.2. The fraction of sp³-hybridized carbons (Fsp3) is 0.727. The highest BCUT2D eigenvalue weighted by atomic mass is 16.7. The van der Waals surface area contributed by atoms with Crippen molar-refractivity contribution >= 4 is 5.97 Å². The first-order valence-corrected chi connectivity index (χ1v) is 5.12. The number of esters is 1. The fourth-order valence-electron chi connectivity index (χ4n) is 1.32. The van der Waals surface area contributed by atoms with Gasteiger partial charge in [-0.1, -0.05) is 6.08 Å². The Morgan fingerprint density at radius 2 is 2.40 bits per heavy atom. The zero-order valence-corrected chi connectivity index (χ0v) is 9.32. The molecule has 15 heavy (non-hydrogen) atoms. The Bertz CT molecular complexity index is 235. The molecule has 0 aliphatic carbocycles. The largest absolute Gasteiger partial charge is 0.463 e. The zero-order chi connectivity index (χ0) is 11.3. The molecule has 1 aliphatic heterocycles. The molecule has 0 aromatic carbocycles. The highest BCUT2D eigenvalue weighted by molar-refractivity contribution is 5.69. The van der Waals surface area contributed by atoms with Gasteiger partial charge < -0.3 is 14.2 Å². The van der Waals surface area contributed by atoms with E-state index in [9.17, 15) is 4.79 Å². The Morgan fingerprint density at radius 3 is 2.93 bits per heavy atom. The van der Waals surface area contributed by atoms with E-state index in [0.29, 0.717) is 19.4 Å². The Hall–Kier alpha value is -0.870. The second-order valence-electron chi connectivity index (χ2n) is 3.96. The highest BCUT2D eigenvalue weighted by Gasteiger charge is 2.33. The molecule has 0 N–H and O–H groups in total. The average Bonchev–Trinajstić information content (AvgIpc) is 2.52. The molecule has 0 unspecified atom stereocenters. The monoisotopic (exact) mass is 214 g/mol. The van der Waals surface area contributed by atoms with Crippen molar-refractivity contribution in [1.29, 1.82) is 0 Å². The average molecular weight is 214 g/mol. The summed E-state index contributed by atoms with van der Waals surface area (Å²) in [7, 11) is 0. The lowest BCUT2D eigenvalue weighted by molar-refractivity contribution is -0.158. The first-order chi connectivity index (χ1) is 7.03. The summed E-state index contributed by atoms with van der Waals surface area (Å²) in [6.07, 6.45) is 2.57. The van der Waals surface area contributed by atoms with Crippen molar-refractivity contribution in [2.24, 2.45) is 0 Å². The lowest BCUT2D eigenvalue weighted by Crippen LogP contribution is -2.25. The third kappa shape index (κ3) is 4.44. The summed E-state index contributed by atoms with van der Waals surface area (Å²) in [5.74, 6) is -0.777. The maximum absolute atomic E-state index is 11.2. The number of rotatable bonds is 5. The molecular formula is C11H18O4. The minimum absolute atomic E-state index is 0.146. The van der Waals surface area contributed by atoms with Crippen molar-refractivity contribution in [3.8, 4) is 0 Å². The van der Waals surface area contributed by atoms with Crippen LogP contribution in [0.5, 0.6) is 0 Å². The summed E-state index contributed by atoms with van der Waals surface area (Å²) in [5.41, 5.74) is 0. The smallest absolute Gasteiger partial charge is 0.306 e. The molecule has 4 heteroatoms. The van der Waals surface area contributed by atoms with E-state index in [1.807, 2.05) is 13.8 Å². The highest BCUT2D eigenvalue weighted by Crippen LogP contribution is 2.22. The summed E-state index contributed by atoms with van der Waals surface area (Å²) < 4.78 is 15.9. The number of hydrogen-bond acceptors (Lipinski definition) is 4. The third-order valence-corrected chi connectivity index (χ3v) is 2.05. The Kier molecular flexibility index (Phi) is 4.29. The van der Waals surface area contributed by atoms with Crippen molar-refractivity contribution in [3.05, 3.63) is 12.7 Å². The van der Waals surface area contributed by atoms with Crippen molar-refractivity contribution in [1.82, 2.24) is 0 Å². The molecule has 0 aromatic heterocycles. The number of carbonyl (C=O) groups excluding carboxylic acids is 1. The minimum Gasteiger partial charge on any atom is -0.463 e. The minimum atomic E-state index is -0.557. The van der Waals surface area contributed by atoms with E-state index in [1.165, 1.54) is 0 Å². The molecule has 1 saturated heterocycles.